The summed E-state index contributed by atoms with van der Waals surface area (Å²) in [5, 5.41) is 0. The van der Waals surface area contributed by atoms with Crippen LogP contribution in [0.4, 0.5) is 5.69 Å². The third kappa shape index (κ3) is 2.16. The van der Waals surface area contributed by atoms with Gasteiger partial charge in [0.2, 0.25) is 11.8 Å². The van der Waals surface area contributed by atoms with Crippen molar-refractivity contribution in [3.8, 4) is 0 Å². The molecule has 1 aliphatic rings. The largest absolute Gasteiger partial charge is 0.368 e. The summed E-state index contributed by atoms with van der Waals surface area (Å²) >= 11 is 0. The van der Waals surface area contributed by atoms with Crippen LogP contribution in [0, 0.1) is 0 Å². The van der Waals surface area contributed by atoms with Gasteiger partial charge < -0.3 is 10.6 Å². The normalized spacial score (nSPS) is 14.3. The zero-order valence-electron chi connectivity index (χ0n) is 10.1. The highest BCUT2D eigenvalue weighted by Gasteiger charge is 2.28. The first-order chi connectivity index (χ1) is 7.99. The van der Waals surface area contributed by atoms with Crippen LogP contribution in [0.25, 0.3) is 0 Å². The second-order valence-corrected chi connectivity index (χ2v) is 4.67. The van der Waals surface area contributed by atoms with Crippen molar-refractivity contribution in [3.05, 3.63) is 29.3 Å². The Bertz CT molecular complexity index is 480. The zero-order valence-corrected chi connectivity index (χ0v) is 10.1. The van der Waals surface area contributed by atoms with E-state index in [2.05, 4.69) is 13.8 Å². The van der Waals surface area contributed by atoms with Crippen LogP contribution in [0.5, 0.6) is 0 Å². The number of amides is 2. The van der Waals surface area contributed by atoms with Crippen LogP contribution >= 0.6 is 0 Å². The quantitative estimate of drug-likeness (QED) is 0.850. The molecule has 0 saturated carbocycles. The van der Waals surface area contributed by atoms with Gasteiger partial charge in [-0.1, -0.05) is 26.0 Å². The number of carbonyl (C=O) groups is 2. The zero-order chi connectivity index (χ0) is 12.6. The lowest BCUT2D eigenvalue weighted by atomic mass is 10.00. The van der Waals surface area contributed by atoms with E-state index in [-0.39, 0.29) is 12.5 Å². The number of carbonyl (C=O) groups excluding carboxylic acids is 2. The molecule has 0 bridgehead atoms. The number of hydrogen-bond acceptors (Lipinski definition) is 2. The van der Waals surface area contributed by atoms with Gasteiger partial charge in [0.25, 0.3) is 0 Å². The summed E-state index contributed by atoms with van der Waals surface area (Å²) in [6, 6.07) is 5.94. The molecule has 2 rings (SSSR count). The molecule has 0 aliphatic carbocycles. The van der Waals surface area contributed by atoms with E-state index >= 15 is 0 Å². The Labute approximate surface area is 100 Å². The number of hydrogen-bond donors (Lipinski definition) is 1. The van der Waals surface area contributed by atoms with Crippen LogP contribution in [-0.4, -0.2) is 18.4 Å². The first kappa shape index (κ1) is 11.6. The Hall–Kier alpha value is -1.84. The molecule has 1 aliphatic heterocycles. The molecular formula is C13H16N2O2. The van der Waals surface area contributed by atoms with E-state index < -0.39 is 5.91 Å². The topological polar surface area (TPSA) is 63.4 Å². The molecule has 90 valence electrons. The molecule has 17 heavy (non-hydrogen) atoms. The van der Waals surface area contributed by atoms with Gasteiger partial charge in [0.1, 0.15) is 6.54 Å². The Balaban J connectivity index is 2.35. The fraction of sp³-hybridized carbons (Fsp3) is 0.385. The molecule has 1 heterocycles. The standard InChI is InChI=1S/C13H16N2O2/c1-8(2)9-3-4-11-10(5-9)6-13(17)15(11)7-12(14)16/h3-5,8H,6-7H2,1-2H3,(H2,14,16). The Morgan fingerprint density at radius 2 is 2.18 bits per heavy atom. The smallest absolute Gasteiger partial charge is 0.237 e. The van der Waals surface area contributed by atoms with E-state index in [4.69, 9.17) is 5.73 Å². The molecule has 2 amide bonds. The molecular weight excluding hydrogens is 216 g/mol. The summed E-state index contributed by atoms with van der Waals surface area (Å²) in [4.78, 5) is 24.1. The van der Waals surface area contributed by atoms with Crippen molar-refractivity contribution in [2.24, 2.45) is 5.73 Å². The lowest BCUT2D eigenvalue weighted by molar-refractivity contribution is -0.121. The van der Waals surface area contributed by atoms with Crippen molar-refractivity contribution in [3.63, 3.8) is 0 Å². The van der Waals surface area contributed by atoms with Crippen molar-refractivity contribution < 1.29 is 9.59 Å². The van der Waals surface area contributed by atoms with Gasteiger partial charge in [0, 0.05) is 5.69 Å². The Morgan fingerprint density at radius 3 is 2.76 bits per heavy atom. The summed E-state index contributed by atoms with van der Waals surface area (Å²) in [7, 11) is 0. The molecule has 0 spiro atoms. The number of fused-ring (bicyclic) bond motifs is 1. The highest BCUT2D eigenvalue weighted by molar-refractivity contribution is 6.04. The lowest BCUT2D eigenvalue weighted by Gasteiger charge is -2.15. The average Bonchev–Trinajstić information content (AvgIpc) is 2.54. The molecule has 4 heteroatoms. The van der Waals surface area contributed by atoms with Crippen LogP contribution in [0.2, 0.25) is 0 Å². The van der Waals surface area contributed by atoms with Gasteiger partial charge in [-0.2, -0.15) is 0 Å². The summed E-state index contributed by atoms with van der Waals surface area (Å²) in [5.41, 5.74) is 8.15. The highest BCUT2D eigenvalue weighted by Crippen LogP contribution is 2.31. The maximum Gasteiger partial charge on any atom is 0.237 e. The minimum absolute atomic E-state index is 0.0349. The number of primary amides is 1. The second-order valence-electron chi connectivity index (χ2n) is 4.67. The summed E-state index contributed by atoms with van der Waals surface area (Å²) in [6.45, 7) is 4.19. The number of nitrogens with two attached hydrogens (primary N) is 1. The molecule has 0 radical (unpaired) electrons. The van der Waals surface area contributed by atoms with Gasteiger partial charge in [-0.05, 0) is 23.1 Å². The maximum absolute atomic E-state index is 11.8. The molecule has 1 aromatic carbocycles. The minimum Gasteiger partial charge on any atom is -0.368 e. The van der Waals surface area contributed by atoms with Crippen molar-refractivity contribution in [2.45, 2.75) is 26.2 Å². The van der Waals surface area contributed by atoms with E-state index in [9.17, 15) is 9.59 Å². The maximum atomic E-state index is 11.8. The van der Waals surface area contributed by atoms with Gasteiger partial charge in [0.15, 0.2) is 0 Å². The second kappa shape index (κ2) is 4.20. The fourth-order valence-electron chi connectivity index (χ4n) is 2.09. The van der Waals surface area contributed by atoms with E-state index in [1.165, 1.54) is 10.5 Å². The number of nitrogens with zero attached hydrogens (tertiary/aromatic N) is 1. The number of anilines is 1. The van der Waals surface area contributed by atoms with Crippen LogP contribution in [0.15, 0.2) is 18.2 Å². The predicted molar refractivity (Wildman–Crippen MR) is 65.8 cm³/mol. The van der Waals surface area contributed by atoms with E-state index in [0.717, 1.165) is 11.3 Å². The molecule has 0 aromatic heterocycles. The minimum atomic E-state index is -0.487. The van der Waals surface area contributed by atoms with Crippen LogP contribution in [0.3, 0.4) is 0 Å². The molecule has 2 N–H and O–H groups in total. The first-order valence-corrected chi connectivity index (χ1v) is 5.70. The predicted octanol–water partition coefficient (Wildman–Crippen LogP) is 1.18. The third-order valence-electron chi connectivity index (χ3n) is 3.02. The highest BCUT2D eigenvalue weighted by atomic mass is 16.2. The molecule has 0 unspecified atom stereocenters. The Kier molecular flexibility index (Phi) is 2.88. The summed E-state index contributed by atoms with van der Waals surface area (Å²) in [6.07, 6.45) is 0.364. The SMILES string of the molecule is CC(C)c1ccc2c(c1)CC(=O)N2CC(N)=O. The van der Waals surface area contributed by atoms with E-state index in [0.29, 0.717) is 12.3 Å². The van der Waals surface area contributed by atoms with Crippen molar-refractivity contribution in [1.29, 1.82) is 0 Å². The summed E-state index contributed by atoms with van der Waals surface area (Å²) in [5.74, 6) is -0.112. The fourth-order valence-corrected chi connectivity index (χ4v) is 2.09. The lowest BCUT2D eigenvalue weighted by Crippen LogP contribution is -2.35. The van der Waals surface area contributed by atoms with Crippen LogP contribution in [0.1, 0.15) is 30.9 Å². The molecule has 1 aromatic rings. The average molecular weight is 232 g/mol. The van der Waals surface area contributed by atoms with Crippen LogP contribution in [-0.2, 0) is 16.0 Å². The molecule has 0 fully saturated rings. The van der Waals surface area contributed by atoms with E-state index in [1.807, 2.05) is 18.2 Å². The van der Waals surface area contributed by atoms with Gasteiger partial charge in [-0.25, -0.2) is 0 Å². The van der Waals surface area contributed by atoms with Gasteiger partial charge in [-0.3, -0.25) is 9.59 Å². The molecule has 0 saturated heterocycles. The third-order valence-corrected chi connectivity index (χ3v) is 3.02. The van der Waals surface area contributed by atoms with Gasteiger partial charge in [0.05, 0.1) is 6.42 Å². The van der Waals surface area contributed by atoms with E-state index in [1.54, 1.807) is 0 Å². The monoisotopic (exact) mass is 232 g/mol. The molecule has 0 atom stereocenters. The first-order valence-electron chi connectivity index (χ1n) is 5.70. The van der Waals surface area contributed by atoms with Gasteiger partial charge >= 0.3 is 0 Å². The van der Waals surface area contributed by atoms with Crippen molar-refractivity contribution in [1.82, 2.24) is 0 Å². The number of benzene rings is 1. The van der Waals surface area contributed by atoms with Gasteiger partial charge in [-0.15, -0.1) is 0 Å². The van der Waals surface area contributed by atoms with Crippen LogP contribution < -0.4 is 10.6 Å². The number of rotatable bonds is 3. The van der Waals surface area contributed by atoms with Crippen molar-refractivity contribution >= 4 is 17.5 Å². The summed E-state index contributed by atoms with van der Waals surface area (Å²) < 4.78 is 0. The molecule has 4 nitrogen and oxygen atoms in total. The van der Waals surface area contributed by atoms with Crippen molar-refractivity contribution in [2.75, 3.05) is 11.4 Å². The Morgan fingerprint density at radius 1 is 1.47 bits per heavy atom.